The first-order valence-corrected chi connectivity index (χ1v) is 5.99. The van der Waals surface area contributed by atoms with Crippen LogP contribution < -0.4 is 5.73 Å². The van der Waals surface area contributed by atoms with Crippen molar-refractivity contribution >= 4 is 5.78 Å². The lowest BCUT2D eigenvalue weighted by Crippen LogP contribution is -2.41. The maximum absolute atomic E-state index is 11.9. The van der Waals surface area contributed by atoms with Gasteiger partial charge in [0, 0.05) is 12.0 Å². The van der Waals surface area contributed by atoms with Crippen LogP contribution >= 0.6 is 0 Å². The Balaban J connectivity index is 1.90. The lowest BCUT2D eigenvalue weighted by molar-refractivity contribution is -0.131. The van der Waals surface area contributed by atoms with Gasteiger partial charge in [-0.3, -0.25) is 4.79 Å². The summed E-state index contributed by atoms with van der Waals surface area (Å²) in [6.45, 7) is 4.15. The highest BCUT2D eigenvalue weighted by Gasteiger charge is 2.48. The van der Waals surface area contributed by atoms with E-state index in [4.69, 9.17) is 10.5 Å². The first-order valence-electron chi connectivity index (χ1n) is 5.99. The molecule has 0 amide bonds. The summed E-state index contributed by atoms with van der Waals surface area (Å²) in [6.07, 6.45) is 3.71. The van der Waals surface area contributed by atoms with Gasteiger partial charge in [0.15, 0.2) is 5.78 Å². The molecule has 2 fully saturated rings. The van der Waals surface area contributed by atoms with Gasteiger partial charge in [-0.2, -0.15) is 0 Å². The van der Waals surface area contributed by atoms with Crippen molar-refractivity contribution in [1.29, 1.82) is 0 Å². The molecule has 2 saturated carbocycles. The smallest absolute Gasteiger partial charge is 0.163 e. The fraction of sp³-hybridized carbons (Fsp3) is 0.917. The summed E-state index contributed by atoms with van der Waals surface area (Å²) in [5.41, 5.74) is 6.10. The van der Waals surface area contributed by atoms with E-state index in [1.54, 1.807) is 0 Å². The molecule has 4 atom stereocenters. The van der Waals surface area contributed by atoms with Gasteiger partial charge in [0.25, 0.3) is 0 Å². The third-order valence-electron chi connectivity index (χ3n) is 3.91. The summed E-state index contributed by atoms with van der Waals surface area (Å²) >= 11 is 0. The van der Waals surface area contributed by atoms with Crippen LogP contribution in [0.2, 0.25) is 0 Å². The number of nitrogens with two attached hydrogens (primary N) is 1. The van der Waals surface area contributed by atoms with Crippen molar-refractivity contribution in [1.82, 2.24) is 0 Å². The molecular formula is C12H21NO2. The van der Waals surface area contributed by atoms with E-state index in [9.17, 15) is 4.79 Å². The molecule has 0 aromatic rings. The lowest BCUT2D eigenvalue weighted by Gasteiger charge is -2.26. The van der Waals surface area contributed by atoms with E-state index in [0.29, 0.717) is 11.8 Å². The van der Waals surface area contributed by atoms with Crippen molar-refractivity contribution in [3.63, 3.8) is 0 Å². The van der Waals surface area contributed by atoms with E-state index in [0.717, 1.165) is 0 Å². The lowest BCUT2D eigenvalue weighted by atomic mass is 9.82. The standard InChI is InChI=1S/C12H21NO2/c1-7(2)15-6-10(14)11-8-3-4-9(5-8)12(11)13/h7-9,11-12H,3-6,13H2,1-2H3. The summed E-state index contributed by atoms with van der Waals surface area (Å²) < 4.78 is 5.37. The number of rotatable bonds is 4. The molecule has 3 nitrogen and oxygen atoms in total. The third kappa shape index (κ3) is 2.08. The molecule has 0 spiro atoms. The topological polar surface area (TPSA) is 52.3 Å². The summed E-state index contributed by atoms with van der Waals surface area (Å²) in [5, 5.41) is 0. The van der Waals surface area contributed by atoms with Gasteiger partial charge < -0.3 is 10.5 Å². The van der Waals surface area contributed by atoms with Crippen LogP contribution in [0.25, 0.3) is 0 Å². The van der Waals surface area contributed by atoms with E-state index in [2.05, 4.69) is 0 Å². The first kappa shape index (κ1) is 11.1. The van der Waals surface area contributed by atoms with Gasteiger partial charge in [0.05, 0.1) is 6.10 Å². The minimum Gasteiger partial charge on any atom is -0.371 e. The van der Waals surface area contributed by atoms with Crippen LogP contribution in [0.4, 0.5) is 0 Å². The molecule has 0 heterocycles. The number of hydrogen-bond acceptors (Lipinski definition) is 3. The molecule has 2 N–H and O–H groups in total. The van der Waals surface area contributed by atoms with Crippen molar-refractivity contribution in [2.75, 3.05) is 6.61 Å². The molecule has 0 radical (unpaired) electrons. The molecule has 0 aromatic carbocycles. The highest BCUT2D eigenvalue weighted by Crippen LogP contribution is 2.47. The van der Waals surface area contributed by atoms with E-state index in [1.165, 1.54) is 19.3 Å². The van der Waals surface area contributed by atoms with Crippen molar-refractivity contribution in [2.45, 2.75) is 45.3 Å². The van der Waals surface area contributed by atoms with Crippen molar-refractivity contribution < 1.29 is 9.53 Å². The zero-order valence-corrected chi connectivity index (χ0v) is 9.61. The molecule has 0 saturated heterocycles. The van der Waals surface area contributed by atoms with Gasteiger partial charge in [-0.1, -0.05) is 0 Å². The predicted molar refractivity (Wildman–Crippen MR) is 58.4 cm³/mol. The van der Waals surface area contributed by atoms with Gasteiger partial charge in [0.1, 0.15) is 6.61 Å². The molecule has 15 heavy (non-hydrogen) atoms. The predicted octanol–water partition coefficient (Wildman–Crippen LogP) is 1.35. The van der Waals surface area contributed by atoms with Crippen LogP contribution in [-0.4, -0.2) is 24.5 Å². The van der Waals surface area contributed by atoms with E-state index < -0.39 is 0 Å². The molecule has 0 aromatic heterocycles. The van der Waals surface area contributed by atoms with Crippen LogP contribution in [0.15, 0.2) is 0 Å². The Labute approximate surface area is 91.4 Å². The Morgan fingerprint density at radius 1 is 1.40 bits per heavy atom. The quantitative estimate of drug-likeness (QED) is 0.763. The van der Waals surface area contributed by atoms with Gasteiger partial charge in [-0.05, 0) is 44.9 Å². The fourth-order valence-corrected chi connectivity index (χ4v) is 3.16. The van der Waals surface area contributed by atoms with Gasteiger partial charge in [0.2, 0.25) is 0 Å². The molecule has 0 aliphatic heterocycles. The Kier molecular flexibility index (Phi) is 3.12. The number of carbonyl (C=O) groups excluding carboxylic acids is 1. The molecule has 2 aliphatic rings. The average Bonchev–Trinajstić information content (AvgIpc) is 2.74. The average molecular weight is 211 g/mol. The molecule has 2 aliphatic carbocycles. The number of ketones is 1. The second kappa shape index (κ2) is 4.22. The molecular weight excluding hydrogens is 190 g/mol. The Hall–Kier alpha value is -0.410. The second-order valence-electron chi connectivity index (χ2n) is 5.26. The summed E-state index contributed by atoms with van der Waals surface area (Å²) in [6, 6.07) is 0.104. The van der Waals surface area contributed by atoms with Gasteiger partial charge >= 0.3 is 0 Å². The Morgan fingerprint density at radius 2 is 2.07 bits per heavy atom. The maximum Gasteiger partial charge on any atom is 0.163 e. The van der Waals surface area contributed by atoms with Crippen LogP contribution in [0.5, 0.6) is 0 Å². The van der Waals surface area contributed by atoms with Gasteiger partial charge in [-0.15, -0.1) is 0 Å². The Morgan fingerprint density at radius 3 is 2.60 bits per heavy atom. The first-order chi connectivity index (χ1) is 7.09. The van der Waals surface area contributed by atoms with Crippen LogP contribution in [0.3, 0.4) is 0 Å². The molecule has 86 valence electrons. The molecule has 4 unspecified atom stereocenters. The normalized spacial score (nSPS) is 38.9. The second-order valence-corrected chi connectivity index (χ2v) is 5.26. The van der Waals surface area contributed by atoms with Crippen molar-refractivity contribution in [2.24, 2.45) is 23.5 Å². The van der Waals surface area contributed by atoms with Crippen molar-refractivity contribution in [3.8, 4) is 0 Å². The highest BCUT2D eigenvalue weighted by molar-refractivity contribution is 5.83. The van der Waals surface area contributed by atoms with Gasteiger partial charge in [-0.25, -0.2) is 0 Å². The van der Waals surface area contributed by atoms with E-state index in [1.807, 2.05) is 13.8 Å². The number of ether oxygens (including phenoxy) is 1. The number of Topliss-reactive ketones (excluding diaryl/α,β-unsaturated/α-hetero) is 1. The number of carbonyl (C=O) groups is 1. The van der Waals surface area contributed by atoms with Crippen LogP contribution in [-0.2, 0) is 9.53 Å². The van der Waals surface area contributed by atoms with E-state index in [-0.39, 0.29) is 30.5 Å². The summed E-state index contributed by atoms with van der Waals surface area (Å²) in [5.74, 6) is 1.46. The zero-order valence-electron chi connectivity index (χ0n) is 9.61. The highest BCUT2D eigenvalue weighted by atomic mass is 16.5. The minimum absolute atomic E-state index is 0.0856. The zero-order chi connectivity index (χ0) is 11.0. The molecule has 2 bridgehead atoms. The Bertz CT molecular complexity index is 250. The molecule has 3 heteroatoms. The summed E-state index contributed by atoms with van der Waals surface area (Å²) in [7, 11) is 0. The maximum atomic E-state index is 11.9. The van der Waals surface area contributed by atoms with E-state index >= 15 is 0 Å². The van der Waals surface area contributed by atoms with Crippen LogP contribution in [0.1, 0.15) is 33.1 Å². The minimum atomic E-state index is 0.0856. The summed E-state index contributed by atoms with van der Waals surface area (Å²) in [4.78, 5) is 11.9. The fourth-order valence-electron chi connectivity index (χ4n) is 3.16. The number of hydrogen-bond donors (Lipinski definition) is 1. The third-order valence-corrected chi connectivity index (χ3v) is 3.91. The van der Waals surface area contributed by atoms with Crippen molar-refractivity contribution in [3.05, 3.63) is 0 Å². The SMILES string of the molecule is CC(C)OCC(=O)C1C2CCC(C2)C1N. The molecule has 2 rings (SSSR count). The van der Waals surface area contributed by atoms with Crippen LogP contribution in [0, 0.1) is 17.8 Å². The number of fused-ring (bicyclic) bond motifs is 2. The monoisotopic (exact) mass is 211 g/mol. The largest absolute Gasteiger partial charge is 0.371 e.